The highest BCUT2D eigenvalue weighted by molar-refractivity contribution is 5.56. The molecule has 1 fully saturated rings. The molecule has 0 spiro atoms. The number of rotatable bonds is 3. The van der Waals surface area contributed by atoms with Crippen molar-refractivity contribution >= 4 is 11.5 Å². The number of aromatic nitrogens is 2. The Labute approximate surface area is 112 Å². The summed E-state index contributed by atoms with van der Waals surface area (Å²) in [6.07, 6.45) is 1.61. The molecule has 1 aromatic carbocycles. The van der Waals surface area contributed by atoms with Gasteiger partial charge in [0.1, 0.15) is 0 Å². The van der Waals surface area contributed by atoms with Crippen molar-refractivity contribution in [2.45, 2.75) is 38.2 Å². The molecule has 2 aromatic rings. The molecule has 0 amide bonds. The predicted molar refractivity (Wildman–Crippen MR) is 75.6 cm³/mol. The number of aryl methyl sites for hydroxylation is 1. The standard InChI is InChI=1S/C15H19N3O/c1-10-3-5-12(6-4-10)16-14-7-13(17-18-14)11-8-15(2,19)9-11/h3-7,11,19H,8-9H2,1-2H3,(H2,16,17,18). The minimum absolute atomic E-state index is 0.399. The molecule has 0 atom stereocenters. The Balaban J connectivity index is 1.67. The fourth-order valence-electron chi connectivity index (χ4n) is 2.62. The number of nitrogens with one attached hydrogen (secondary N) is 2. The van der Waals surface area contributed by atoms with Crippen molar-refractivity contribution in [2.24, 2.45) is 0 Å². The smallest absolute Gasteiger partial charge is 0.152 e. The van der Waals surface area contributed by atoms with Gasteiger partial charge < -0.3 is 10.4 Å². The van der Waals surface area contributed by atoms with Crippen LogP contribution < -0.4 is 5.32 Å². The molecule has 0 aliphatic heterocycles. The molecular weight excluding hydrogens is 238 g/mol. The van der Waals surface area contributed by atoms with Crippen LogP contribution in [0.15, 0.2) is 30.3 Å². The lowest BCUT2D eigenvalue weighted by Crippen LogP contribution is -2.39. The van der Waals surface area contributed by atoms with E-state index < -0.39 is 5.60 Å². The van der Waals surface area contributed by atoms with Gasteiger partial charge in [0.2, 0.25) is 0 Å². The van der Waals surface area contributed by atoms with Crippen LogP contribution in [0.5, 0.6) is 0 Å². The summed E-state index contributed by atoms with van der Waals surface area (Å²) >= 11 is 0. The van der Waals surface area contributed by atoms with Crippen LogP contribution in [0.2, 0.25) is 0 Å². The minimum Gasteiger partial charge on any atom is -0.390 e. The highest BCUT2D eigenvalue weighted by atomic mass is 16.3. The Kier molecular flexibility index (Phi) is 2.82. The molecule has 1 aromatic heterocycles. The summed E-state index contributed by atoms with van der Waals surface area (Å²) in [6.45, 7) is 3.95. The van der Waals surface area contributed by atoms with Crippen molar-refractivity contribution in [2.75, 3.05) is 5.32 Å². The first-order valence-electron chi connectivity index (χ1n) is 6.63. The van der Waals surface area contributed by atoms with Gasteiger partial charge in [0.05, 0.1) is 5.60 Å². The molecule has 0 bridgehead atoms. The van der Waals surface area contributed by atoms with Gasteiger partial charge >= 0.3 is 0 Å². The maximum Gasteiger partial charge on any atom is 0.152 e. The zero-order valence-electron chi connectivity index (χ0n) is 11.3. The first kappa shape index (κ1) is 12.2. The average Bonchev–Trinajstić information content (AvgIpc) is 2.77. The van der Waals surface area contributed by atoms with Gasteiger partial charge in [-0.3, -0.25) is 5.10 Å². The van der Waals surface area contributed by atoms with E-state index in [2.05, 4.69) is 34.6 Å². The third kappa shape index (κ3) is 2.63. The Morgan fingerprint density at radius 2 is 2.00 bits per heavy atom. The fraction of sp³-hybridized carbons (Fsp3) is 0.400. The molecule has 100 valence electrons. The Morgan fingerprint density at radius 3 is 2.63 bits per heavy atom. The van der Waals surface area contributed by atoms with Crippen molar-refractivity contribution in [1.29, 1.82) is 0 Å². The van der Waals surface area contributed by atoms with Crippen LogP contribution in [0.3, 0.4) is 0 Å². The summed E-state index contributed by atoms with van der Waals surface area (Å²) in [5.74, 6) is 1.22. The summed E-state index contributed by atoms with van der Waals surface area (Å²) < 4.78 is 0. The van der Waals surface area contributed by atoms with E-state index in [-0.39, 0.29) is 0 Å². The summed E-state index contributed by atoms with van der Waals surface area (Å²) in [4.78, 5) is 0. The monoisotopic (exact) mass is 257 g/mol. The van der Waals surface area contributed by atoms with E-state index in [0.29, 0.717) is 5.92 Å². The maximum atomic E-state index is 9.76. The van der Waals surface area contributed by atoms with Gasteiger partial charge in [0.15, 0.2) is 5.82 Å². The normalized spacial score (nSPS) is 25.9. The zero-order chi connectivity index (χ0) is 13.5. The third-order valence-corrected chi connectivity index (χ3v) is 3.73. The molecule has 0 unspecified atom stereocenters. The first-order chi connectivity index (χ1) is 9.02. The molecular formula is C15H19N3O. The first-order valence-corrected chi connectivity index (χ1v) is 6.63. The van der Waals surface area contributed by atoms with E-state index in [9.17, 15) is 5.11 Å². The Hall–Kier alpha value is -1.81. The highest BCUT2D eigenvalue weighted by Gasteiger charge is 2.39. The molecule has 1 heterocycles. The third-order valence-electron chi connectivity index (χ3n) is 3.73. The number of hydrogen-bond donors (Lipinski definition) is 3. The van der Waals surface area contributed by atoms with E-state index in [1.165, 1.54) is 5.56 Å². The number of H-pyrrole nitrogens is 1. The van der Waals surface area contributed by atoms with Gasteiger partial charge in [-0.15, -0.1) is 0 Å². The van der Waals surface area contributed by atoms with E-state index in [4.69, 9.17) is 0 Å². The SMILES string of the molecule is Cc1ccc(Nc2cc(C3CC(C)(O)C3)[nH]n2)cc1. The van der Waals surface area contributed by atoms with Gasteiger partial charge in [-0.1, -0.05) is 17.7 Å². The van der Waals surface area contributed by atoms with Gasteiger partial charge in [-0.25, -0.2) is 0 Å². The van der Waals surface area contributed by atoms with Crippen LogP contribution in [-0.4, -0.2) is 20.9 Å². The van der Waals surface area contributed by atoms with Crippen molar-refractivity contribution in [3.63, 3.8) is 0 Å². The van der Waals surface area contributed by atoms with Gasteiger partial charge in [0, 0.05) is 23.4 Å². The van der Waals surface area contributed by atoms with E-state index in [0.717, 1.165) is 30.0 Å². The van der Waals surface area contributed by atoms with Crippen LogP contribution in [0.1, 0.15) is 36.9 Å². The zero-order valence-corrected chi connectivity index (χ0v) is 11.3. The second kappa shape index (κ2) is 4.38. The van der Waals surface area contributed by atoms with Crippen LogP contribution >= 0.6 is 0 Å². The number of nitrogens with zero attached hydrogens (tertiary/aromatic N) is 1. The Bertz CT molecular complexity index is 563. The molecule has 4 heteroatoms. The Morgan fingerprint density at radius 1 is 1.32 bits per heavy atom. The van der Waals surface area contributed by atoms with Crippen molar-refractivity contribution in [3.8, 4) is 0 Å². The largest absolute Gasteiger partial charge is 0.390 e. The molecule has 4 nitrogen and oxygen atoms in total. The summed E-state index contributed by atoms with van der Waals surface area (Å²) in [7, 11) is 0. The predicted octanol–water partition coefficient (Wildman–Crippen LogP) is 3.09. The molecule has 1 aliphatic carbocycles. The maximum absolute atomic E-state index is 9.76. The number of aromatic amines is 1. The molecule has 3 rings (SSSR count). The fourth-order valence-corrected chi connectivity index (χ4v) is 2.62. The van der Waals surface area contributed by atoms with Gasteiger partial charge in [-0.05, 0) is 38.8 Å². The molecule has 3 N–H and O–H groups in total. The van der Waals surface area contributed by atoms with Gasteiger partial charge in [0.25, 0.3) is 0 Å². The van der Waals surface area contributed by atoms with Crippen molar-refractivity contribution in [1.82, 2.24) is 10.2 Å². The topological polar surface area (TPSA) is 60.9 Å². The summed E-state index contributed by atoms with van der Waals surface area (Å²) in [5, 5.41) is 20.4. The second-order valence-corrected chi connectivity index (χ2v) is 5.80. The van der Waals surface area contributed by atoms with Crippen molar-refractivity contribution in [3.05, 3.63) is 41.6 Å². The number of aliphatic hydroxyl groups is 1. The molecule has 19 heavy (non-hydrogen) atoms. The molecule has 1 saturated carbocycles. The number of anilines is 2. The summed E-state index contributed by atoms with van der Waals surface area (Å²) in [6, 6.07) is 10.2. The van der Waals surface area contributed by atoms with E-state index in [1.54, 1.807) is 0 Å². The highest BCUT2D eigenvalue weighted by Crippen LogP contribution is 2.44. The van der Waals surface area contributed by atoms with Crippen LogP contribution in [0.4, 0.5) is 11.5 Å². The van der Waals surface area contributed by atoms with Crippen LogP contribution in [0, 0.1) is 6.92 Å². The number of benzene rings is 1. The average molecular weight is 257 g/mol. The minimum atomic E-state index is -0.500. The summed E-state index contributed by atoms with van der Waals surface area (Å²) in [5.41, 5.74) is 2.87. The molecule has 1 aliphatic rings. The molecule has 0 radical (unpaired) electrons. The lowest BCUT2D eigenvalue weighted by atomic mass is 9.71. The van der Waals surface area contributed by atoms with Crippen LogP contribution in [0.25, 0.3) is 0 Å². The van der Waals surface area contributed by atoms with Crippen molar-refractivity contribution < 1.29 is 5.11 Å². The molecule has 0 saturated heterocycles. The lowest BCUT2D eigenvalue weighted by molar-refractivity contribution is -0.0323. The van der Waals surface area contributed by atoms with Crippen LogP contribution in [-0.2, 0) is 0 Å². The lowest BCUT2D eigenvalue weighted by Gasteiger charge is -2.40. The van der Waals surface area contributed by atoms with E-state index >= 15 is 0 Å². The quantitative estimate of drug-likeness (QED) is 0.792. The number of hydrogen-bond acceptors (Lipinski definition) is 3. The second-order valence-electron chi connectivity index (χ2n) is 5.80. The van der Waals surface area contributed by atoms with Gasteiger partial charge in [-0.2, -0.15) is 5.10 Å². The van der Waals surface area contributed by atoms with E-state index in [1.807, 2.05) is 25.1 Å².